The average molecular weight is 378 g/mol. The van der Waals surface area contributed by atoms with Crippen molar-refractivity contribution in [1.82, 2.24) is 5.32 Å². The van der Waals surface area contributed by atoms with Crippen LogP contribution < -0.4 is 5.32 Å². The van der Waals surface area contributed by atoms with Crippen molar-refractivity contribution in [2.75, 3.05) is 6.54 Å². The molecule has 0 bridgehead atoms. The van der Waals surface area contributed by atoms with E-state index in [9.17, 15) is 4.79 Å². The van der Waals surface area contributed by atoms with Crippen LogP contribution in [0.25, 0.3) is 6.08 Å². The minimum Gasteiger partial charge on any atom is -0.353 e. The first-order valence-corrected chi connectivity index (χ1v) is 11.7. The van der Waals surface area contributed by atoms with E-state index in [-0.39, 0.29) is 5.91 Å². The van der Waals surface area contributed by atoms with Gasteiger partial charge in [0.1, 0.15) is 0 Å². The van der Waals surface area contributed by atoms with Gasteiger partial charge in [-0.05, 0) is 23.9 Å². The number of thiophene rings is 1. The lowest BCUT2D eigenvalue weighted by atomic mass is 10.0. The van der Waals surface area contributed by atoms with Gasteiger partial charge in [-0.2, -0.15) is 0 Å². The number of hydrogen-bond donors (Lipinski definition) is 1. The Morgan fingerprint density at radius 2 is 1.42 bits per heavy atom. The lowest BCUT2D eigenvalue weighted by molar-refractivity contribution is -0.116. The summed E-state index contributed by atoms with van der Waals surface area (Å²) in [5, 5.41) is 4.99. The molecule has 1 N–H and O–H groups in total. The van der Waals surface area contributed by atoms with Crippen molar-refractivity contribution in [3.05, 3.63) is 28.5 Å². The SMILES string of the molecule is CCCCCCCCCCCCCCCCNC(=O)C=Cc1cccs1. The summed E-state index contributed by atoms with van der Waals surface area (Å²) in [4.78, 5) is 12.8. The molecule has 0 fully saturated rings. The standard InChI is InChI=1S/C23H39NOS/c1-2-3-4-5-6-7-8-9-10-11-12-13-14-15-20-24-23(25)19-18-22-17-16-21-26-22/h16-19,21H,2-15,20H2,1H3,(H,24,25). The summed E-state index contributed by atoms with van der Waals surface area (Å²) in [6.07, 6.45) is 22.6. The number of nitrogens with one attached hydrogen (secondary N) is 1. The summed E-state index contributed by atoms with van der Waals surface area (Å²) in [5.41, 5.74) is 0. The maximum atomic E-state index is 11.7. The van der Waals surface area contributed by atoms with Crippen LogP contribution in [0.15, 0.2) is 23.6 Å². The molecule has 0 aliphatic carbocycles. The molecule has 1 aromatic heterocycles. The van der Waals surface area contributed by atoms with Crippen LogP contribution in [0.1, 0.15) is 102 Å². The normalized spacial score (nSPS) is 11.3. The first-order valence-electron chi connectivity index (χ1n) is 10.8. The highest BCUT2D eigenvalue weighted by Gasteiger charge is 1.96. The van der Waals surface area contributed by atoms with Gasteiger partial charge in [-0.1, -0.05) is 96.5 Å². The third-order valence-corrected chi connectivity index (χ3v) is 5.61. The van der Waals surface area contributed by atoms with Crippen molar-refractivity contribution >= 4 is 23.3 Å². The van der Waals surface area contributed by atoms with Crippen LogP contribution >= 0.6 is 11.3 Å². The first kappa shape index (κ1) is 23.0. The Morgan fingerprint density at radius 1 is 0.885 bits per heavy atom. The van der Waals surface area contributed by atoms with Crippen LogP contribution in [0, 0.1) is 0 Å². The number of unbranched alkanes of at least 4 members (excludes halogenated alkanes) is 13. The van der Waals surface area contributed by atoms with E-state index >= 15 is 0 Å². The van der Waals surface area contributed by atoms with Gasteiger partial charge in [0, 0.05) is 17.5 Å². The lowest BCUT2D eigenvalue weighted by Crippen LogP contribution is -2.21. The van der Waals surface area contributed by atoms with E-state index in [0.29, 0.717) is 0 Å². The topological polar surface area (TPSA) is 29.1 Å². The highest BCUT2D eigenvalue weighted by Crippen LogP contribution is 2.13. The molecule has 0 saturated heterocycles. The predicted octanol–water partition coefficient (Wildman–Crippen LogP) is 7.36. The van der Waals surface area contributed by atoms with Gasteiger partial charge in [0.05, 0.1) is 0 Å². The second-order valence-electron chi connectivity index (χ2n) is 7.24. The van der Waals surface area contributed by atoms with E-state index in [1.54, 1.807) is 17.4 Å². The van der Waals surface area contributed by atoms with E-state index in [1.807, 2.05) is 23.6 Å². The summed E-state index contributed by atoms with van der Waals surface area (Å²) in [6.45, 7) is 3.08. The molecule has 0 spiro atoms. The predicted molar refractivity (Wildman–Crippen MR) is 117 cm³/mol. The number of rotatable bonds is 17. The zero-order valence-corrected chi connectivity index (χ0v) is 17.6. The Balaban J connectivity index is 1.77. The van der Waals surface area contributed by atoms with Crippen LogP contribution in [-0.4, -0.2) is 12.5 Å². The van der Waals surface area contributed by atoms with E-state index in [2.05, 4.69) is 12.2 Å². The van der Waals surface area contributed by atoms with Crippen molar-refractivity contribution < 1.29 is 4.79 Å². The van der Waals surface area contributed by atoms with Crippen LogP contribution in [0.5, 0.6) is 0 Å². The highest BCUT2D eigenvalue weighted by molar-refractivity contribution is 7.10. The molecule has 1 heterocycles. The summed E-state index contributed by atoms with van der Waals surface area (Å²) in [5.74, 6) is 0.0214. The molecule has 1 amide bonds. The van der Waals surface area contributed by atoms with Crippen molar-refractivity contribution in [1.29, 1.82) is 0 Å². The van der Waals surface area contributed by atoms with Crippen molar-refractivity contribution in [2.45, 2.75) is 96.8 Å². The van der Waals surface area contributed by atoms with Gasteiger partial charge in [-0.3, -0.25) is 4.79 Å². The molecule has 26 heavy (non-hydrogen) atoms. The van der Waals surface area contributed by atoms with Gasteiger partial charge < -0.3 is 5.32 Å². The minimum absolute atomic E-state index is 0.0214. The molecule has 3 heteroatoms. The molecule has 1 aromatic rings. The molecule has 1 rings (SSSR count). The molecule has 0 aliphatic heterocycles. The fourth-order valence-electron chi connectivity index (χ4n) is 3.13. The van der Waals surface area contributed by atoms with E-state index in [0.717, 1.165) is 17.8 Å². The molecule has 0 unspecified atom stereocenters. The van der Waals surface area contributed by atoms with Gasteiger partial charge in [0.25, 0.3) is 0 Å². The first-order chi connectivity index (χ1) is 12.8. The Bertz CT molecular complexity index is 453. The second-order valence-corrected chi connectivity index (χ2v) is 8.22. The maximum absolute atomic E-state index is 11.7. The molecule has 0 saturated carbocycles. The summed E-state index contributed by atoms with van der Waals surface area (Å²) >= 11 is 1.65. The monoisotopic (exact) mass is 377 g/mol. The maximum Gasteiger partial charge on any atom is 0.244 e. The Labute approximate surface area is 165 Å². The van der Waals surface area contributed by atoms with Crippen molar-refractivity contribution in [2.24, 2.45) is 0 Å². The summed E-state index contributed by atoms with van der Waals surface area (Å²) < 4.78 is 0. The molecular formula is C23H39NOS. The van der Waals surface area contributed by atoms with Gasteiger partial charge >= 0.3 is 0 Å². The van der Waals surface area contributed by atoms with E-state index in [1.165, 1.54) is 83.5 Å². The van der Waals surface area contributed by atoms with Crippen LogP contribution in [0.4, 0.5) is 0 Å². The van der Waals surface area contributed by atoms with Gasteiger partial charge in [0.15, 0.2) is 0 Å². The fourth-order valence-corrected chi connectivity index (χ4v) is 3.75. The molecule has 2 nitrogen and oxygen atoms in total. The largest absolute Gasteiger partial charge is 0.353 e. The summed E-state index contributed by atoms with van der Waals surface area (Å²) in [7, 11) is 0. The van der Waals surface area contributed by atoms with Gasteiger partial charge in [-0.25, -0.2) is 0 Å². The van der Waals surface area contributed by atoms with Crippen LogP contribution in [0.3, 0.4) is 0 Å². The number of carbonyl (C=O) groups is 1. The summed E-state index contributed by atoms with van der Waals surface area (Å²) in [6, 6.07) is 4.01. The Hall–Kier alpha value is -1.09. The number of amides is 1. The third-order valence-electron chi connectivity index (χ3n) is 4.77. The zero-order chi connectivity index (χ0) is 18.7. The third kappa shape index (κ3) is 14.1. The van der Waals surface area contributed by atoms with E-state index in [4.69, 9.17) is 0 Å². The minimum atomic E-state index is 0.0214. The molecular weight excluding hydrogens is 338 g/mol. The van der Waals surface area contributed by atoms with Crippen LogP contribution in [0.2, 0.25) is 0 Å². The second kappa shape index (κ2) is 17.3. The number of carbonyl (C=O) groups excluding carboxylic acids is 1. The van der Waals surface area contributed by atoms with Gasteiger partial charge in [-0.15, -0.1) is 11.3 Å². The van der Waals surface area contributed by atoms with E-state index < -0.39 is 0 Å². The average Bonchev–Trinajstić information content (AvgIpc) is 3.17. The zero-order valence-electron chi connectivity index (χ0n) is 16.8. The molecule has 148 valence electrons. The molecule has 0 atom stereocenters. The van der Waals surface area contributed by atoms with Gasteiger partial charge in [0.2, 0.25) is 5.91 Å². The molecule has 0 radical (unpaired) electrons. The smallest absolute Gasteiger partial charge is 0.244 e. The fraction of sp³-hybridized carbons (Fsp3) is 0.696. The molecule has 0 aliphatic rings. The lowest BCUT2D eigenvalue weighted by Gasteiger charge is -2.04. The Kier molecular flexibility index (Phi) is 15.3. The molecule has 0 aromatic carbocycles. The van der Waals surface area contributed by atoms with Crippen molar-refractivity contribution in [3.8, 4) is 0 Å². The number of hydrogen-bond acceptors (Lipinski definition) is 2. The van der Waals surface area contributed by atoms with Crippen molar-refractivity contribution in [3.63, 3.8) is 0 Å². The highest BCUT2D eigenvalue weighted by atomic mass is 32.1. The van der Waals surface area contributed by atoms with Crippen LogP contribution in [-0.2, 0) is 4.79 Å². The Morgan fingerprint density at radius 3 is 1.92 bits per heavy atom. The quantitative estimate of drug-likeness (QED) is 0.223.